The molecule has 0 aliphatic rings. The van der Waals surface area contributed by atoms with Crippen LogP contribution >= 0.6 is 0 Å². The van der Waals surface area contributed by atoms with Crippen LogP contribution in [0.3, 0.4) is 0 Å². The maximum absolute atomic E-state index is 9.02. The first-order valence-corrected chi connectivity index (χ1v) is 8.95. The Kier molecular flexibility index (Phi) is 12.6. The van der Waals surface area contributed by atoms with Gasteiger partial charge in [0.1, 0.15) is 0 Å². The fourth-order valence-corrected chi connectivity index (χ4v) is 2.20. The average molecular weight is 261 g/mol. The molecule has 3 N–H and O–H groups in total. The summed E-state index contributed by atoms with van der Waals surface area (Å²) < 4.78 is 0. The third-order valence-electron chi connectivity index (χ3n) is 3.18. The Labute approximate surface area is 108 Å². The zero-order valence-electron chi connectivity index (χ0n) is 11.6. The first-order chi connectivity index (χ1) is 8.18. The Morgan fingerprint density at radius 2 is 1.47 bits per heavy atom. The number of unbranched alkanes of at least 4 members (excludes halogenated alkanes) is 7. The lowest BCUT2D eigenvalue weighted by Crippen LogP contribution is -2.29. The van der Waals surface area contributed by atoms with E-state index < -0.39 is 9.28 Å². The smallest absolute Gasteiger partial charge is 0.320 e. The van der Waals surface area contributed by atoms with Gasteiger partial charge in [-0.3, -0.25) is 0 Å². The molecular weight excluding hydrogens is 230 g/mol. The van der Waals surface area contributed by atoms with E-state index in [1.165, 1.54) is 51.4 Å². The van der Waals surface area contributed by atoms with Crippen LogP contribution in [0.5, 0.6) is 0 Å². The van der Waals surface area contributed by atoms with Crippen LogP contribution < -0.4 is 5.32 Å². The first kappa shape index (κ1) is 17.1. The summed E-state index contributed by atoms with van der Waals surface area (Å²) in [5.74, 6) is 0. The van der Waals surface area contributed by atoms with Crippen LogP contribution in [0.1, 0.15) is 65.2 Å². The van der Waals surface area contributed by atoms with Gasteiger partial charge in [-0.05, 0) is 19.5 Å². The minimum absolute atomic E-state index is 0.0593. The Morgan fingerprint density at radius 3 is 2.00 bits per heavy atom. The molecule has 0 spiro atoms. The Bertz CT molecular complexity index is 156. The van der Waals surface area contributed by atoms with E-state index in [1.807, 2.05) is 6.92 Å². The molecule has 4 heteroatoms. The van der Waals surface area contributed by atoms with Crippen molar-refractivity contribution < 1.29 is 9.59 Å². The van der Waals surface area contributed by atoms with Gasteiger partial charge in [0.25, 0.3) is 0 Å². The fourth-order valence-electron chi connectivity index (χ4n) is 1.82. The molecule has 0 aromatic heterocycles. The van der Waals surface area contributed by atoms with Crippen molar-refractivity contribution in [2.45, 2.75) is 70.8 Å². The second-order valence-corrected chi connectivity index (χ2v) is 7.04. The largest absolute Gasteiger partial charge is 0.413 e. The minimum Gasteiger partial charge on any atom is -0.413 e. The number of rotatable bonds is 12. The Balaban J connectivity index is 3.03. The van der Waals surface area contributed by atoms with Crippen molar-refractivity contribution in [3.05, 3.63) is 0 Å². The maximum Gasteiger partial charge on any atom is 0.320 e. The van der Waals surface area contributed by atoms with Crippen LogP contribution in [0.25, 0.3) is 0 Å². The summed E-state index contributed by atoms with van der Waals surface area (Å²) >= 11 is 0. The molecule has 0 saturated carbocycles. The van der Waals surface area contributed by atoms with Gasteiger partial charge in [0.05, 0.1) is 0 Å². The normalized spacial score (nSPS) is 13.2. The lowest BCUT2D eigenvalue weighted by atomic mass is 10.1. The van der Waals surface area contributed by atoms with E-state index in [4.69, 9.17) is 9.59 Å². The molecule has 104 valence electrons. The number of nitrogens with one attached hydrogen (secondary N) is 1. The lowest BCUT2D eigenvalue weighted by Gasteiger charge is -2.12. The van der Waals surface area contributed by atoms with Crippen molar-refractivity contribution in [3.8, 4) is 0 Å². The lowest BCUT2D eigenvalue weighted by molar-refractivity contribution is 0.383. The summed E-state index contributed by atoms with van der Waals surface area (Å²) in [6.07, 6.45) is 10.7. The standard InChI is InChI=1S/C13H31NO2Si/c1-3-4-5-6-7-8-9-10-11-14-12-13(2)17(15)16/h13-17H,3-12H2,1-2H3. The topological polar surface area (TPSA) is 52.5 Å². The van der Waals surface area contributed by atoms with Crippen LogP contribution in [0.15, 0.2) is 0 Å². The molecule has 0 aromatic rings. The summed E-state index contributed by atoms with van der Waals surface area (Å²) in [5.41, 5.74) is 0.0593. The van der Waals surface area contributed by atoms with Crippen molar-refractivity contribution in [2.75, 3.05) is 13.1 Å². The Hall–Kier alpha value is 0.0969. The second-order valence-electron chi connectivity index (χ2n) is 5.07. The fraction of sp³-hybridized carbons (Fsp3) is 1.00. The highest BCUT2D eigenvalue weighted by Crippen LogP contribution is 2.08. The molecule has 0 fully saturated rings. The summed E-state index contributed by atoms with van der Waals surface area (Å²) in [4.78, 5) is 18.0. The highest BCUT2D eigenvalue weighted by Gasteiger charge is 2.12. The summed E-state index contributed by atoms with van der Waals surface area (Å²) in [6, 6.07) is 0. The zero-order chi connectivity index (χ0) is 12.9. The third kappa shape index (κ3) is 12.3. The molecule has 0 aromatic carbocycles. The van der Waals surface area contributed by atoms with Gasteiger partial charge in [-0.25, -0.2) is 0 Å². The molecule has 0 radical (unpaired) electrons. The van der Waals surface area contributed by atoms with Crippen molar-refractivity contribution in [2.24, 2.45) is 0 Å². The molecular formula is C13H31NO2Si. The number of hydrogen-bond donors (Lipinski definition) is 3. The van der Waals surface area contributed by atoms with Crippen molar-refractivity contribution in [1.29, 1.82) is 0 Å². The van der Waals surface area contributed by atoms with Gasteiger partial charge in [-0.1, -0.05) is 58.8 Å². The highest BCUT2D eigenvalue weighted by atomic mass is 28.3. The molecule has 0 saturated heterocycles. The second kappa shape index (κ2) is 12.6. The van der Waals surface area contributed by atoms with Crippen molar-refractivity contribution in [1.82, 2.24) is 5.32 Å². The molecule has 0 amide bonds. The number of hydrogen-bond acceptors (Lipinski definition) is 3. The maximum atomic E-state index is 9.02. The van der Waals surface area contributed by atoms with Gasteiger partial charge in [0, 0.05) is 5.54 Å². The van der Waals surface area contributed by atoms with E-state index >= 15 is 0 Å². The van der Waals surface area contributed by atoms with Crippen LogP contribution in [-0.4, -0.2) is 32.0 Å². The highest BCUT2D eigenvalue weighted by molar-refractivity contribution is 6.43. The van der Waals surface area contributed by atoms with Crippen molar-refractivity contribution in [3.63, 3.8) is 0 Å². The Morgan fingerprint density at radius 1 is 0.941 bits per heavy atom. The summed E-state index contributed by atoms with van der Waals surface area (Å²) in [5, 5.41) is 3.29. The van der Waals surface area contributed by atoms with Crippen LogP contribution in [0.2, 0.25) is 5.54 Å². The molecule has 0 bridgehead atoms. The van der Waals surface area contributed by atoms with Crippen LogP contribution in [0, 0.1) is 0 Å². The molecule has 1 unspecified atom stereocenters. The molecule has 0 heterocycles. The van der Waals surface area contributed by atoms with E-state index in [2.05, 4.69) is 12.2 Å². The van der Waals surface area contributed by atoms with E-state index in [-0.39, 0.29) is 5.54 Å². The van der Waals surface area contributed by atoms with Gasteiger partial charge in [-0.15, -0.1) is 0 Å². The average Bonchev–Trinajstić information content (AvgIpc) is 2.31. The predicted molar refractivity (Wildman–Crippen MR) is 76.5 cm³/mol. The van der Waals surface area contributed by atoms with Gasteiger partial charge in [0.15, 0.2) is 0 Å². The minimum atomic E-state index is -2.41. The van der Waals surface area contributed by atoms with E-state index in [1.54, 1.807) is 0 Å². The van der Waals surface area contributed by atoms with Crippen LogP contribution in [0.4, 0.5) is 0 Å². The monoisotopic (exact) mass is 261 g/mol. The zero-order valence-corrected chi connectivity index (χ0v) is 12.8. The van der Waals surface area contributed by atoms with Gasteiger partial charge in [-0.2, -0.15) is 0 Å². The van der Waals surface area contributed by atoms with Gasteiger partial charge >= 0.3 is 9.28 Å². The van der Waals surface area contributed by atoms with Gasteiger partial charge < -0.3 is 14.9 Å². The molecule has 0 aliphatic carbocycles. The SMILES string of the molecule is CCCCCCCCCCNCC(C)[SiH](O)O. The molecule has 0 rings (SSSR count). The quantitative estimate of drug-likeness (QED) is 0.373. The summed E-state index contributed by atoms with van der Waals surface area (Å²) in [6.45, 7) is 5.91. The molecule has 3 nitrogen and oxygen atoms in total. The van der Waals surface area contributed by atoms with E-state index in [0.717, 1.165) is 13.1 Å². The van der Waals surface area contributed by atoms with Crippen molar-refractivity contribution >= 4 is 9.28 Å². The third-order valence-corrected chi connectivity index (χ3v) is 4.44. The summed E-state index contributed by atoms with van der Waals surface area (Å²) in [7, 11) is -2.41. The predicted octanol–water partition coefficient (Wildman–Crippen LogP) is 2.31. The van der Waals surface area contributed by atoms with Gasteiger partial charge in [0.2, 0.25) is 0 Å². The molecule has 0 aliphatic heterocycles. The first-order valence-electron chi connectivity index (χ1n) is 7.25. The molecule has 1 atom stereocenters. The van der Waals surface area contributed by atoms with Crippen LogP contribution in [-0.2, 0) is 0 Å². The molecule has 17 heavy (non-hydrogen) atoms. The van der Waals surface area contributed by atoms with E-state index in [0.29, 0.717) is 0 Å². The van der Waals surface area contributed by atoms with E-state index in [9.17, 15) is 0 Å².